The molecule has 3 aromatic rings. The zero-order valence-electron chi connectivity index (χ0n) is 17.0. The summed E-state index contributed by atoms with van der Waals surface area (Å²) in [7, 11) is 0. The van der Waals surface area contributed by atoms with Gasteiger partial charge < -0.3 is 0 Å². The number of rotatable bonds is 4. The summed E-state index contributed by atoms with van der Waals surface area (Å²) >= 11 is 24.8. The van der Waals surface area contributed by atoms with Crippen LogP contribution >= 0.6 is 46.4 Å². The second-order valence-corrected chi connectivity index (χ2v) is 9.32. The van der Waals surface area contributed by atoms with Gasteiger partial charge in [-0.05, 0) is 53.1 Å². The molecule has 0 radical (unpaired) electrons. The summed E-state index contributed by atoms with van der Waals surface area (Å²) in [6, 6.07) is 20.7. The van der Waals surface area contributed by atoms with Gasteiger partial charge in [-0.1, -0.05) is 88.9 Å². The highest BCUT2D eigenvalue weighted by molar-refractivity contribution is 6.36. The maximum Gasteiger partial charge on any atom is 0.187 e. The van der Waals surface area contributed by atoms with Gasteiger partial charge in [0.15, 0.2) is 5.78 Å². The number of piperidine rings is 1. The predicted octanol–water partition coefficient (Wildman–Crippen LogP) is 7.85. The number of ketones is 1. The van der Waals surface area contributed by atoms with Gasteiger partial charge in [0.1, 0.15) is 0 Å². The van der Waals surface area contributed by atoms with Gasteiger partial charge in [0.25, 0.3) is 0 Å². The molecule has 3 aromatic carbocycles. The SMILES string of the molecule is O=C1C(=Cc2ccc(Cl)cc2Cl)CN(Cc2ccccc2)CC1=Cc1ccc(Cl)cc1Cl. The normalized spacial score (nSPS) is 17.3. The Labute approximate surface area is 207 Å². The third-order valence-corrected chi connectivity index (χ3v) is 6.33. The molecule has 2 nitrogen and oxygen atoms in total. The van der Waals surface area contributed by atoms with E-state index in [1.165, 1.54) is 5.56 Å². The van der Waals surface area contributed by atoms with Crippen molar-refractivity contribution in [1.82, 2.24) is 4.90 Å². The maximum absolute atomic E-state index is 13.4. The van der Waals surface area contributed by atoms with E-state index >= 15 is 0 Å². The second kappa shape index (κ2) is 10.2. The minimum absolute atomic E-state index is 0.0219. The minimum Gasteiger partial charge on any atom is -0.290 e. The minimum atomic E-state index is -0.0219. The van der Waals surface area contributed by atoms with E-state index < -0.39 is 0 Å². The van der Waals surface area contributed by atoms with Crippen molar-refractivity contribution in [2.75, 3.05) is 13.1 Å². The number of likely N-dealkylation sites (tertiary alicyclic amines) is 1. The average molecular weight is 503 g/mol. The Morgan fingerprint density at radius 3 is 1.69 bits per heavy atom. The average Bonchev–Trinajstić information content (AvgIpc) is 2.76. The van der Waals surface area contributed by atoms with Crippen molar-refractivity contribution in [2.24, 2.45) is 0 Å². The molecule has 0 atom stereocenters. The van der Waals surface area contributed by atoms with Gasteiger partial charge in [-0.15, -0.1) is 0 Å². The summed E-state index contributed by atoms with van der Waals surface area (Å²) in [6.07, 6.45) is 3.69. The van der Waals surface area contributed by atoms with E-state index in [0.29, 0.717) is 50.9 Å². The maximum atomic E-state index is 13.4. The fraction of sp³-hybridized carbons (Fsp3) is 0.115. The van der Waals surface area contributed by atoms with E-state index in [-0.39, 0.29) is 5.78 Å². The molecular formula is C26H19Cl4NO. The Bertz CT molecular complexity index is 1140. The van der Waals surface area contributed by atoms with Crippen LogP contribution in [-0.4, -0.2) is 23.8 Å². The summed E-state index contributed by atoms with van der Waals surface area (Å²) in [5, 5.41) is 2.11. The van der Waals surface area contributed by atoms with Crippen LogP contribution in [0.15, 0.2) is 77.9 Å². The van der Waals surface area contributed by atoms with Crippen LogP contribution in [0.1, 0.15) is 16.7 Å². The van der Waals surface area contributed by atoms with Crippen molar-refractivity contribution >= 4 is 64.3 Å². The molecule has 0 amide bonds. The van der Waals surface area contributed by atoms with Gasteiger partial charge in [-0.25, -0.2) is 0 Å². The van der Waals surface area contributed by atoms with Crippen molar-refractivity contribution in [3.8, 4) is 0 Å². The van der Waals surface area contributed by atoms with Crippen molar-refractivity contribution in [3.05, 3.63) is 115 Å². The molecule has 1 fully saturated rings. The van der Waals surface area contributed by atoms with Gasteiger partial charge in [-0.3, -0.25) is 9.69 Å². The van der Waals surface area contributed by atoms with Crippen LogP contribution in [0.4, 0.5) is 0 Å². The Morgan fingerprint density at radius 2 is 1.22 bits per heavy atom. The Balaban J connectivity index is 1.72. The smallest absolute Gasteiger partial charge is 0.187 e. The van der Waals surface area contributed by atoms with Crippen LogP contribution in [0.3, 0.4) is 0 Å². The first kappa shape index (κ1) is 23.1. The van der Waals surface area contributed by atoms with Crippen molar-refractivity contribution in [1.29, 1.82) is 0 Å². The highest BCUT2D eigenvalue weighted by atomic mass is 35.5. The largest absolute Gasteiger partial charge is 0.290 e. The number of carbonyl (C=O) groups excluding carboxylic acids is 1. The lowest BCUT2D eigenvalue weighted by Crippen LogP contribution is -2.37. The van der Waals surface area contributed by atoms with Crippen LogP contribution in [0.2, 0.25) is 20.1 Å². The number of hydrogen-bond acceptors (Lipinski definition) is 2. The molecule has 0 N–H and O–H groups in total. The number of nitrogens with zero attached hydrogens (tertiary/aromatic N) is 1. The fourth-order valence-electron chi connectivity index (χ4n) is 3.68. The topological polar surface area (TPSA) is 20.3 Å². The van der Waals surface area contributed by atoms with E-state index in [1.807, 2.05) is 42.5 Å². The first-order valence-corrected chi connectivity index (χ1v) is 11.5. The van der Waals surface area contributed by atoms with Crippen molar-refractivity contribution in [3.63, 3.8) is 0 Å². The molecule has 0 unspecified atom stereocenters. The molecule has 1 aliphatic rings. The summed E-state index contributed by atoms with van der Waals surface area (Å²) < 4.78 is 0. The van der Waals surface area contributed by atoms with E-state index in [4.69, 9.17) is 46.4 Å². The number of benzene rings is 3. The Hall–Kier alpha value is -2.07. The van der Waals surface area contributed by atoms with Crippen LogP contribution in [0.25, 0.3) is 12.2 Å². The molecule has 32 heavy (non-hydrogen) atoms. The molecule has 0 saturated carbocycles. The first-order valence-electron chi connectivity index (χ1n) is 10.0. The predicted molar refractivity (Wildman–Crippen MR) is 136 cm³/mol. The lowest BCUT2D eigenvalue weighted by molar-refractivity contribution is -0.113. The molecule has 1 aliphatic heterocycles. The molecule has 1 heterocycles. The van der Waals surface area contributed by atoms with Gasteiger partial charge in [-0.2, -0.15) is 0 Å². The van der Waals surface area contributed by atoms with Gasteiger partial charge in [0.2, 0.25) is 0 Å². The Kier molecular flexibility index (Phi) is 7.40. The molecule has 1 saturated heterocycles. The summed E-state index contributed by atoms with van der Waals surface area (Å²) in [6.45, 7) is 1.74. The molecule has 0 bridgehead atoms. The molecule has 0 spiro atoms. The number of Topliss-reactive ketones (excluding diaryl/α,β-unsaturated/α-hetero) is 1. The molecule has 6 heteroatoms. The fourth-order valence-corrected chi connectivity index (χ4v) is 4.60. The van der Waals surface area contributed by atoms with Crippen molar-refractivity contribution in [2.45, 2.75) is 6.54 Å². The number of carbonyl (C=O) groups is 1. The number of halogens is 4. The monoisotopic (exact) mass is 501 g/mol. The zero-order chi connectivity index (χ0) is 22.7. The molecular weight excluding hydrogens is 484 g/mol. The third-order valence-electron chi connectivity index (χ3n) is 5.20. The first-order chi connectivity index (χ1) is 15.4. The molecule has 0 aromatic heterocycles. The van der Waals surface area contributed by atoms with E-state index in [2.05, 4.69) is 17.0 Å². The highest BCUT2D eigenvalue weighted by Crippen LogP contribution is 2.29. The standard InChI is InChI=1S/C26H19Cl4NO/c27-22-8-6-18(24(29)12-22)10-20-15-31(14-17-4-2-1-3-5-17)16-21(26(20)32)11-19-7-9-23(28)13-25(19)30/h1-13H,14-16H2. The number of hydrogen-bond donors (Lipinski definition) is 0. The molecule has 4 rings (SSSR count). The Morgan fingerprint density at radius 1 is 0.719 bits per heavy atom. The van der Waals surface area contributed by atoms with Crippen molar-refractivity contribution < 1.29 is 4.79 Å². The lowest BCUT2D eigenvalue weighted by Gasteiger charge is -2.30. The van der Waals surface area contributed by atoms with E-state index in [0.717, 1.165) is 11.1 Å². The lowest BCUT2D eigenvalue weighted by atomic mass is 9.94. The van der Waals surface area contributed by atoms with E-state index in [1.54, 1.807) is 24.3 Å². The van der Waals surface area contributed by atoms with Crippen LogP contribution in [0.5, 0.6) is 0 Å². The van der Waals surface area contributed by atoms with Crippen LogP contribution in [-0.2, 0) is 11.3 Å². The summed E-state index contributed by atoms with van der Waals surface area (Å²) in [5.41, 5.74) is 4.00. The second-order valence-electron chi connectivity index (χ2n) is 7.63. The highest BCUT2D eigenvalue weighted by Gasteiger charge is 2.26. The van der Waals surface area contributed by atoms with Gasteiger partial charge in [0.05, 0.1) is 0 Å². The third kappa shape index (κ3) is 5.64. The van der Waals surface area contributed by atoms with Crippen LogP contribution < -0.4 is 0 Å². The van der Waals surface area contributed by atoms with Gasteiger partial charge >= 0.3 is 0 Å². The van der Waals surface area contributed by atoms with E-state index in [9.17, 15) is 4.79 Å². The van der Waals surface area contributed by atoms with Crippen LogP contribution in [0, 0.1) is 0 Å². The quantitative estimate of drug-likeness (QED) is 0.338. The summed E-state index contributed by atoms with van der Waals surface area (Å²) in [4.78, 5) is 15.6. The van der Waals surface area contributed by atoms with Gasteiger partial charge in [0, 0.05) is 50.9 Å². The molecule has 162 valence electrons. The summed E-state index contributed by atoms with van der Waals surface area (Å²) in [5.74, 6) is -0.0219. The molecule has 0 aliphatic carbocycles. The zero-order valence-corrected chi connectivity index (χ0v) is 20.0.